The zero-order valence-electron chi connectivity index (χ0n) is 31.3. The van der Waals surface area contributed by atoms with E-state index in [-0.39, 0.29) is 39.1 Å². The lowest BCUT2D eigenvalue weighted by atomic mass is 9.95. The van der Waals surface area contributed by atoms with E-state index >= 15 is 8.78 Å². The van der Waals surface area contributed by atoms with E-state index in [1.54, 1.807) is 82.3 Å². The van der Waals surface area contributed by atoms with E-state index in [1.165, 1.54) is 7.11 Å². The highest BCUT2D eigenvalue weighted by atomic mass is 19.3. The molecule has 54 heavy (non-hydrogen) atoms. The second kappa shape index (κ2) is 21.7. The number of methoxy groups -OCH3 is 1. The molecule has 3 atom stereocenters. The fraction of sp³-hybridized carbons (Fsp3) is 0.450. The predicted octanol–water partition coefficient (Wildman–Crippen LogP) is 4.15. The van der Waals surface area contributed by atoms with Crippen molar-refractivity contribution >= 4 is 23.7 Å². The van der Waals surface area contributed by atoms with Crippen LogP contribution in [0.2, 0.25) is 0 Å². The molecule has 0 unspecified atom stereocenters. The monoisotopic (exact) mass is 754 g/mol. The molecule has 294 valence electrons. The molecule has 0 saturated heterocycles. The van der Waals surface area contributed by atoms with Gasteiger partial charge in [0.15, 0.2) is 0 Å². The van der Waals surface area contributed by atoms with E-state index in [9.17, 15) is 24.3 Å². The standard InChI is InChI=1S/C40H51F2N3O9/c1-27(2)34(25-53-26-52-21-20-51-5)44-38(48)40(41,42)36(46)33(22-29-16-18-32(19-17-29)54-24-31-14-10-7-11-15-31)43-37(47)35(28(3)4)45(39(49)50)23-30-12-8-6-9-13-30/h6-19,27-28,33-35H,20-26H2,1-5H3,(H,43,47)(H,44,48)(H,49,50)/p-1/t33-,34-,35-/m0/s1. The first kappa shape index (κ1) is 43.5. The summed E-state index contributed by atoms with van der Waals surface area (Å²) in [5.41, 5.74) is 1.84. The average Bonchev–Trinajstić information content (AvgIpc) is 3.15. The Balaban J connectivity index is 1.86. The third-order valence-electron chi connectivity index (χ3n) is 8.52. The summed E-state index contributed by atoms with van der Waals surface area (Å²) in [5, 5.41) is 16.9. The van der Waals surface area contributed by atoms with Gasteiger partial charge in [-0.05, 0) is 40.7 Å². The minimum Gasteiger partial charge on any atom is -0.530 e. The van der Waals surface area contributed by atoms with Crippen LogP contribution in [-0.4, -0.2) is 86.4 Å². The predicted molar refractivity (Wildman–Crippen MR) is 194 cm³/mol. The zero-order chi connectivity index (χ0) is 39.7. The van der Waals surface area contributed by atoms with Crippen LogP contribution in [0.3, 0.4) is 0 Å². The van der Waals surface area contributed by atoms with Gasteiger partial charge in [0.25, 0.3) is 5.91 Å². The quantitative estimate of drug-likeness (QED) is 0.0826. The van der Waals surface area contributed by atoms with Crippen LogP contribution in [0.1, 0.15) is 44.4 Å². The number of rotatable bonds is 23. The molecule has 0 spiro atoms. The summed E-state index contributed by atoms with van der Waals surface area (Å²) in [6.45, 7) is 6.76. The Bertz CT molecular complexity index is 1610. The third kappa shape index (κ3) is 13.5. The van der Waals surface area contributed by atoms with Gasteiger partial charge in [0, 0.05) is 20.1 Å². The topological polar surface area (TPSA) is 156 Å². The third-order valence-corrected chi connectivity index (χ3v) is 8.52. The Kier molecular flexibility index (Phi) is 17.5. The first-order valence-corrected chi connectivity index (χ1v) is 17.7. The number of nitrogens with zero attached hydrogens (tertiary/aromatic N) is 1. The summed E-state index contributed by atoms with van der Waals surface area (Å²) in [6.07, 6.45) is -2.12. The van der Waals surface area contributed by atoms with Gasteiger partial charge in [0.2, 0.25) is 11.7 Å². The summed E-state index contributed by atoms with van der Waals surface area (Å²) >= 11 is 0. The lowest BCUT2D eigenvalue weighted by Crippen LogP contribution is -2.61. The molecule has 0 aliphatic rings. The van der Waals surface area contributed by atoms with E-state index in [4.69, 9.17) is 18.9 Å². The zero-order valence-corrected chi connectivity index (χ0v) is 31.3. The normalized spacial score (nSPS) is 13.2. The van der Waals surface area contributed by atoms with Gasteiger partial charge in [0.1, 0.15) is 31.3 Å². The molecule has 3 rings (SSSR count). The molecular weight excluding hydrogens is 704 g/mol. The second-order valence-electron chi connectivity index (χ2n) is 13.4. The molecule has 3 amide bonds. The smallest absolute Gasteiger partial charge is 0.383 e. The molecule has 0 aliphatic carbocycles. The molecule has 14 heteroatoms. The fourth-order valence-corrected chi connectivity index (χ4v) is 5.45. The maximum atomic E-state index is 15.9. The number of carbonyl (C=O) groups excluding carboxylic acids is 4. The van der Waals surface area contributed by atoms with E-state index in [2.05, 4.69) is 10.6 Å². The van der Waals surface area contributed by atoms with Gasteiger partial charge in [-0.2, -0.15) is 8.78 Å². The van der Waals surface area contributed by atoms with Gasteiger partial charge in [-0.3, -0.25) is 14.4 Å². The lowest BCUT2D eigenvalue weighted by molar-refractivity contribution is -0.269. The Morgan fingerprint density at radius 3 is 1.94 bits per heavy atom. The molecule has 0 aliphatic heterocycles. The summed E-state index contributed by atoms with van der Waals surface area (Å²) in [5.74, 6) is -9.94. The van der Waals surface area contributed by atoms with Gasteiger partial charge >= 0.3 is 5.92 Å². The maximum absolute atomic E-state index is 15.9. The van der Waals surface area contributed by atoms with Gasteiger partial charge in [-0.15, -0.1) is 0 Å². The first-order chi connectivity index (χ1) is 25.7. The Morgan fingerprint density at radius 2 is 1.39 bits per heavy atom. The van der Waals surface area contributed by atoms with E-state index < -0.39 is 60.1 Å². The number of halogens is 2. The number of amides is 3. The molecule has 3 aromatic carbocycles. The van der Waals surface area contributed by atoms with Crippen molar-refractivity contribution in [2.75, 3.05) is 33.7 Å². The highest BCUT2D eigenvalue weighted by Gasteiger charge is 2.51. The van der Waals surface area contributed by atoms with Crippen LogP contribution >= 0.6 is 0 Å². The van der Waals surface area contributed by atoms with Crippen LogP contribution in [0.4, 0.5) is 13.6 Å². The van der Waals surface area contributed by atoms with Crippen LogP contribution in [0, 0.1) is 11.8 Å². The van der Waals surface area contributed by atoms with E-state index in [1.807, 2.05) is 30.3 Å². The number of Topliss-reactive ketones (excluding diaryl/α,β-unsaturated/α-hetero) is 1. The van der Waals surface area contributed by atoms with Crippen molar-refractivity contribution in [3.63, 3.8) is 0 Å². The SMILES string of the molecule is COCCOCOC[C@H](NC(=O)C(F)(F)C(=O)[C@H](Cc1ccc(OCc2ccccc2)cc1)NC(=O)[C@H](C(C)C)N(Cc1ccccc1)C(=O)[O-])C(C)C. The molecule has 0 aromatic heterocycles. The molecular formula is C40H50F2N3O9-. The molecule has 0 heterocycles. The number of nitrogens with one attached hydrogen (secondary N) is 2. The number of benzene rings is 3. The largest absolute Gasteiger partial charge is 0.530 e. The number of alkyl halides is 2. The Labute approximate surface area is 315 Å². The Morgan fingerprint density at radius 1 is 0.778 bits per heavy atom. The highest BCUT2D eigenvalue weighted by Crippen LogP contribution is 2.23. The number of carboxylic acid groups (broad SMARTS) is 1. The van der Waals surface area contributed by atoms with Crippen LogP contribution in [-0.2, 0) is 48.2 Å². The summed E-state index contributed by atoms with van der Waals surface area (Å²) in [7, 11) is 1.50. The molecule has 0 bridgehead atoms. The van der Waals surface area contributed by atoms with Crippen molar-refractivity contribution in [3.05, 3.63) is 102 Å². The molecule has 3 aromatic rings. The Hall–Kier alpha value is -4.92. The van der Waals surface area contributed by atoms with Crippen LogP contribution in [0.25, 0.3) is 0 Å². The molecule has 2 N–H and O–H groups in total. The molecule has 0 saturated carbocycles. The number of hydrogen-bond donors (Lipinski definition) is 2. The van der Waals surface area contributed by atoms with Crippen molar-refractivity contribution < 1.29 is 52.0 Å². The van der Waals surface area contributed by atoms with Crippen molar-refractivity contribution in [1.82, 2.24) is 15.5 Å². The van der Waals surface area contributed by atoms with Crippen molar-refractivity contribution in [2.45, 2.75) is 71.3 Å². The maximum Gasteiger partial charge on any atom is 0.383 e. The number of ketones is 1. The summed E-state index contributed by atoms with van der Waals surface area (Å²) in [4.78, 5) is 53.8. The van der Waals surface area contributed by atoms with Crippen molar-refractivity contribution in [3.8, 4) is 5.75 Å². The van der Waals surface area contributed by atoms with Crippen LogP contribution in [0.5, 0.6) is 5.75 Å². The molecule has 12 nitrogen and oxygen atoms in total. The van der Waals surface area contributed by atoms with Crippen molar-refractivity contribution in [1.29, 1.82) is 0 Å². The summed E-state index contributed by atoms with van der Waals surface area (Å²) < 4.78 is 53.1. The number of hydrogen-bond acceptors (Lipinski definition) is 9. The number of carbonyl (C=O) groups is 4. The lowest BCUT2D eigenvalue weighted by Gasteiger charge is -2.36. The average molecular weight is 755 g/mol. The molecule has 0 fully saturated rings. The first-order valence-electron chi connectivity index (χ1n) is 17.7. The van der Waals surface area contributed by atoms with Crippen LogP contribution in [0.15, 0.2) is 84.9 Å². The molecule has 0 radical (unpaired) electrons. The summed E-state index contributed by atoms with van der Waals surface area (Å²) in [6, 6.07) is 19.8. The van der Waals surface area contributed by atoms with E-state index in [0.717, 1.165) is 10.5 Å². The fourth-order valence-electron chi connectivity index (χ4n) is 5.45. The van der Waals surface area contributed by atoms with Gasteiger partial charge in [-0.25, -0.2) is 0 Å². The van der Waals surface area contributed by atoms with Crippen LogP contribution < -0.4 is 20.5 Å². The number of ether oxygens (including phenoxy) is 4. The van der Waals surface area contributed by atoms with Gasteiger partial charge in [0.05, 0.1) is 31.9 Å². The highest BCUT2D eigenvalue weighted by molar-refractivity contribution is 6.10. The van der Waals surface area contributed by atoms with Gasteiger partial charge in [-0.1, -0.05) is 100 Å². The van der Waals surface area contributed by atoms with Crippen molar-refractivity contribution in [2.24, 2.45) is 11.8 Å². The van der Waals surface area contributed by atoms with Gasteiger partial charge < -0.3 is 44.4 Å². The minimum absolute atomic E-state index is 0.174. The minimum atomic E-state index is -4.61. The van der Waals surface area contributed by atoms with E-state index in [0.29, 0.717) is 23.5 Å². The second-order valence-corrected chi connectivity index (χ2v) is 13.4.